The van der Waals surface area contributed by atoms with Gasteiger partial charge in [0.15, 0.2) is 0 Å². The molecular weight excluding hydrogens is 669 g/mol. The van der Waals surface area contributed by atoms with Crippen LogP contribution < -0.4 is 0 Å². The summed E-state index contributed by atoms with van der Waals surface area (Å²) >= 11 is 0. The number of phenols is 2. The minimum atomic E-state index is 0.136. The quantitative estimate of drug-likeness (QED) is 0.122. The fraction of sp³-hybridized carbons (Fsp3) is 0.130. The van der Waals surface area contributed by atoms with Gasteiger partial charge in [-0.15, -0.1) is 0 Å². The van der Waals surface area contributed by atoms with Gasteiger partial charge in [0, 0.05) is 86.3 Å². The van der Waals surface area contributed by atoms with Crippen LogP contribution in [0.15, 0.2) is 158 Å². The monoisotopic (exact) mass is 708 g/mol. The number of benzene rings is 4. The molecule has 0 bridgehead atoms. The second-order valence-electron chi connectivity index (χ2n) is 13.5. The molecule has 8 aromatic rings. The van der Waals surface area contributed by atoms with Crippen LogP contribution in [-0.4, -0.2) is 39.9 Å². The van der Waals surface area contributed by atoms with Crippen LogP contribution in [0, 0.1) is 0 Å². The van der Waals surface area contributed by atoms with Crippen molar-refractivity contribution in [3.63, 3.8) is 0 Å². The Labute approximate surface area is 314 Å². The van der Waals surface area contributed by atoms with Crippen LogP contribution in [0.2, 0.25) is 0 Å². The Morgan fingerprint density at radius 1 is 0.370 bits per heavy atom. The van der Waals surface area contributed by atoms with Gasteiger partial charge >= 0.3 is 0 Å². The Kier molecular flexibility index (Phi) is 10.3. The summed E-state index contributed by atoms with van der Waals surface area (Å²) in [6.45, 7) is 3.10. The molecule has 8 heteroatoms. The maximum Gasteiger partial charge on any atom is 0.128 e. The van der Waals surface area contributed by atoms with Crippen LogP contribution in [0.4, 0.5) is 0 Å². The minimum Gasteiger partial charge on any atom is -0.507 e. The van der Waals surface area contributed by atoms with E-state index in [1.807, 2.05) is 109 Å². The van der Waals surface area contributed by atoms with Gasteiger partial charge < -0.3 is 10.2 Å². The van der Waals surface area contributed by atoms with Gasteiger partial charge in [-0.25, -0.2) is 0 Å². The first-order chi connectivity index (χ1) is 26.6. The SMILES string of the molecule is Oc1c(CN(Cc2ccccn2)Cc2ccccn2)cc2ccccc2c1-c1c(O)c(CN(Cc2ccccn2)Cc2ccccn2)cc2ccccc12. The largest absolute Gasteiger partial charge is 0.507 e. The smallest absolute Gasteiger partial charge is 0.128 e. The van der Waals surface area contributed by atoms with E-state index in [0.717, 1.165) is 55.4 Å². The molecule has 0 amide bonds. The molecular formula is C46H40N6O2. The van der Waals surface area contributed by atoms with Gasteiger partial charge in [-0.3, -0.25) is 29.7 Å². The van der Waals surface area contributed by atoms with Crippen LogP contribution in [0.3, 0.4) is 0 Å². The first-order valence-electron chi connectivity index (χ1n) is 18.1. The van der Waals surface area contributed by atoms with Gasteiger partial charge in [0.2, 0.25) is 0 Å². The Morgan fingerprint density at radius 3 is 1.00 bits per heavy atom. The zero-order valence-electron chi connectivity index (χ0n) is 29.8. The highest BCUT2D eigenvalue weighted by Crippen LogP contribution is 2.48. The average Bonchev–Trinajstić information content (AvgIpc) is 3.21. The van der Waals surface area contributed by atoms with E-state index in [4.69, 9.17) is 0 Å². The second-order valence-corrected chi connectivity index (χ2v) is 13.5. The zero-order chi connectivity index (χ0) is 36.7. The number of rotatable bonds is 13. The van der Waals surface area contributed by atoms with Crippen LogP contribution in [0.5, 0.6) is 11.5 Å². The molecule has 0 saturated heterocycles. The lowest BCUT2D eigenvalue weighted by atomic mass is 9.88. The van der Waals surface area contributed by atoms with E-state index in [-0.39, 0.29) is 11.5 Å². The van der Waals surface area contributed by atoms with Crippen molar-refractivity contribution in [2.45, 2.75) is 39.3 Å². The summed E-state index contributed by atoms with van der Waals surface area (Å²) in [4.78, 5) is 22.9. The number of hydrogen-bond donors (Lipinski definition) is 2. The molecule has 2 N–H and O–H groups in total. The topological polar surface area (TPSA) is 98.5 Å². The van der Waals surface area contributed by atoms with Gasteiger partial charge in [-0.2, -0.15) is 0 Å². The summed E-state index contributed by atoms with van der Waals surface area (Å²) in [5.41, 5.74) is 6.40. The van der Waals surface area contributed by atoms with Crippen molar-refractivity contribution >= 4 is 21.5 Å². The summed E-state index contributed by atoms with van der Waals surface area (Å²) in [6.07, 6.45) is 7.20. The molecule has 0 atom stereocenters. The van der Waals surface area contributed by atoms with Gasteiger partial charge in [-0.05, 0) is 82.2 Å². The van der Waals surface area contributed by atoms with Crippen molar-refractivity contribution in [2.24, 2.45) is 0 Å². The number of hydrogen-bond acceptors (Lipinski definition) is 8. The predicted molar refractivity (Wildman–Crippen MR) is 213 cm³/mol. The highest BCUT2D eigenvalue weighted by molar-refractivity contribution is 6.10. The fourth-order valence-electron chi connectivity index (χ4n) is 7.24. The fourth-order valence-corrected chi connectivity index (χ4v) is 7.24. The molecule has 0 spiro atoms. The number of nitrogens with zero attached hydrogens (tertiary/aromatic N) is 6. The third kappa shape index (κ3) is 7.80. The molecule has 8 nitrogen and oxygen atoms in total. The molecule has 54 heavy (non-hydrogen) atoms. The van der Waals surface area contributed by atoms with Gasteiger partial charge in [-0.1, -0.05) is 72.8 Å². The van der Waals surface area contributed by atoms with Crippen molar-refractivity contribution in [3.8, 4) is 22.6 Å². The molecule has 4 aromatic carbocycles. The molecule has 0 aliphatic carbocycles. The lowest BCUT2D eigenvalue weighted by molar-refractivity contribution is 0.238. The average molecular weight is 709 g/mol. The van der Waals surface area contributed by atoms with E-state index in [9.17, 15) is 10.2 Å². The minimum absolute atomic E-state index is 0.136. The summed E-state index contributed by atoms with van der Waals surface area (Å²) in [7, 11) is 0. The van der Waals surface area contributed by atoms with E-state index >= 15 is 0 Å². The van der Waals surface area contributed by atoms with Gasteiger partial charge in [0.05, 0.1) is 22.8 Å². The van der Waals surface area contributed by atoms with Crippen molar-refractivity contribution in [1.29, 1.82) is 0 Å². The standard InChI is InChI=1S/C46H40N6O2/c53-45-35(27-51(29-37-15-5-9-21-47-37)30-38-16-6-10-22-48-38)25-33-13-1-3-19-41(33)43(45)44-42-20-4-2-14-34(42)26-36(46(44)54)28-52(31-39-17-7-11-23-49-39)32-40-18-8-12-24-50-40/h1-26,53-54H,27-32H2. The molecule has 0 unspecified atom stereocenters. The maximum absolute atomic E-state index is 12.5. The number of aromatic hydroxyl groups is 2. The van der Waals surface area contributed by atoms with E-state index in [2.05, 4.69) is 54.0 Å². The van der Waals surface area contributed by atoms with Crippen LogP contribution in [-0.2, 0) is 39.3 Å². The third-order valence-electron chi connectivity index (χ3n) is 9.69. The number of fused-ring (bicyclic) bond motifs is 2. The van der Waals surface area contributed by atoms with E-state index in [1.165, 1.54) is 0 Å². The highest BCUT2D eigenvalue weighted by atomic mass is 16.3. The van der Waals surface area contributed by atoms with Crippen LogP contribution in [0.25, 0.3) is 32.7 Å². The molecule has 0 aliphatic rings. The van der Waals surface area contributed by atoms with Gasteiger partial charge in [0.1, 0.15) is 11.5 Å². The molecule has 0 radical (unpaired) electrons. The Bertz CT molecular complexity index is 2220. The predicted octanol–water partition coefficient (Wildman–Crippen LogP) is 9.06. The molecule has 4 aromatic heterocycles. The molecule has 8 rings (SSSR count). The second kappa shape index (κ2) is 16.0. The lowest BCUT2D eigenvalue weighted by Gasteiger charge is -2.25. The van der Waals surface area contributed by atoms with Crippen molar-refractivity contribution < 1.29 is 10.2 Å². The molecule has 4 heterocycles. The zero-order valence-corrected chi connectivity index (χ0v) is 29.8. The normalized spacial score (nSPS) is 11.5. The summed E-state index contributed by atoms with van der Waals surface area (Å²) in [5, 5.41) is 28.6. The maximum atomic E-state index is 12.5. The third-order valence-corrected chi connectivity index (χ3v) is 9.69. The van der Waals surface area contributed by atoms with E-state index < -0.39 is 0 Å². The number of aromatic nitrogens is 4. The van der Waals surface area contributed by atoms with Crippen LogP contribution in [0.1, 0.15) is 33.9 Å². The number of phenolic OH excluding ortho intramolecular Hbond substituents is 2. The Hall–Kier alpha value is -6.48. The Morgan fingerprint density at radius 2 is 0.685 bits per heavy atom. The first kappa shape index (κ1) is 34.6. The lowest BCUT2D eigenvalue weighted by Crippen LogP contribution is -2.23. The molecule has 0 fully saturated rings. The molecule has 0 saturated carbocycles. The van der Waals surface area contributed by atoms with Crippen molar-refractivity contribution in [3.05, 3.63) is 192 Å². The highest BCUT2D eigenvalue weighted by Gasteiger charge is 2.24. The molecule has 0 aliphatic heterocycles. The van der Waals surface area contributed by atoms with Gasteiger partial charge in [0.25, 0.3) is 0 Å². The Balaban J connectivity index is 1.25. The van der Waals surface area contributed by atoms with E-state index in [0.29, 0.717) is 50.4 Å². The first-order valence-corrected chi connectivity index (χ1v) is 18.1. The van der Waals surface area contributed by atoms with E-state index in [1.54, 1.807) is 24.8 Å². The summed E-state index contributed by atoms with van der Waals surface area (Å²) < 4.78 is 0. The van der Waals surface area contributed by atoms with Crippen molar-refractivity contribution in [2.75, 3.05) is 0 Å². The summed E-state index contributed by atoms with van der Waals surface area (Å²) in [6, 6.07) is 43.9. The van der Waals surface area contributed by atoms with Crippen molar-refractivity contribution in [1.82, 2.24) is 29.7 Å². The number of pyridine rings is 4. The van der Waals surface area contributed by atoms with Crippen LogP contribution >= 0.6 is 0 Å². The summed E-state index contributed by atoms with van der Waals surface area (Å²) in [5.74, 6) is 0.273. The molecule has 266 valence electrons.